The Hall–Kier alpha value is -2.27. The Bertz CT molecular complexity index is 735. The van der Waals surface area contributed by atoms with Crippen molar-refractivity contribution in [1.82, 2.24) is 9.97 Å². The third kappa shape index (κ3) is 2.40. The monoisotopic (exact) mass is 301 g/mol. The average molecular weight is 302 g/mol. The summed E-state index contributed by atoms with van der Waals surface area (Å²) in [6.45, 7) is 3.88. The number of halogens is 1. The van der Waals surface area contributed by atoms with Crippen molar-refractivity contribution in [3.63, 3.8) is 0 Å². The first-order valence-electron chi connectivity index (χ1n) is 6.55. The van der Waals surface area contributed by atoms with Crippen LogP contribution in [0.5, 0.6) is 0 Å². The van der Waals surface area contributed by atoms with Crippen molar-refractivity contribution >= 4 is 28.7 Å². The smallest absolute Gasteiger partial charge is 0.222 e. The molecule has 0 bridgehead atoms. The van der Waals surface area contributed by atoms with E-state index in [1.165, 1.54) is 0 Å². The van der Waals surface area contributed by atoms with Crippen LogP contribution in [0.3, 0.4) is 0 Å². The van der Waals surface area contributed by atoms with Crippen molar-refractivity contribution in [2.75, 3.05) is 11.1 Å². The second-order valence-corrected chi connectivity index (χ2v) is 5.73. The van der Waals surface area contributed by atoms with Gasteiger partial charge < -0.3 is 16.8 Å². The van der Waals surface area contributed by atoms with E-state index in [1.807, 2.05) is 44.2 Å². The van der Waals surface area contributed by atoms with Crippen LogP contribution in [0, 0.1) is 6.92 Å². The number of nitrogens with two attached hydrogens (primary N) is 2. The van der Waals surface area contributed by atoms with Crippen molar-refractivity contribution in [3.05, 3.63) is 52.6 Å². The molecule has 0 amide bonds. The Labute approximate surface area is 128 Å². The lowest BCUT2D eigenvalue weighted by Crippen LogP contribution is -2.35. The van der Waals surface area contributed by atoms with Gasteiger partial charge in [-0.15, -0.1) is 0 Å². The molecule has 1 aliphatic heterocycles. The summed E-state index contributed by atoms with van der Waals surface area (Å²) < 4.78 is 0. The number of anilines is 2. The lowest BCUT2D eigenvalue weighted by molar-refractivity contribution is 0.652. The molecule has 1 aromatic heterocycles. The highest BCUT2D eigenvalue weighted by molar-refractivity contribution is 6.28. The molecule has 0 saturated carbocycles. The summed E-state index contributed by atoms with van der Waals surface area (Å²) in [5.41, 5.74) is 16.2. The first-order chi connectivity index (χ1) is 9.87. The van der Waals surface area contributed by atoms with Crippen LogP contribution in [0.4, 0.5) is 11.4 Å². The van der Waals surface area contributed by atoms with Crippen LogP contribution in [0.15, 0.2) is 30.3 Å². The molecule has 3 rings (SSSR count). The summed E-state index contributed by atoms with van der Waals surface area (Å²) in [4.78, 5) is 8.41. The van der Waals surface area contributed by atoms with Crippen molar-refractivity contribution in [2.45, 2.75) is 19.4 Å². The largest absolute Gasteiger partial charge is 0.399 e. The molecule has 108 valence electrons. The van der Waals surface area contributed by atoms with Crippen LogP contribution in [0.2, 0.25) is 5.28 Å². The molecule has 1 unspecified atom stereocenters. The number of fused-ring (bicyclic) bond motifs is 1. The van der Waals surface area contributed by atoms with Gasteiger partial charge in [0.25, 0.3) is 0 Å². The van der Waals surface area contributed by atoms with Gasteiger partial charge in [-0.3, -0.25) is 0 Å². The predicted molar refractivity (Wildman–Crippen MR) is 85.8 cm³/mol. The molecular formula is C15H16ClN5. The molecule has 5 N–H and O–H groups in total. The van der Waals surface area contributed by atoms with E-state index in [1.54, 1.807) is 0 Å². The zero-order valence-corrected chi connectivity index (χ0v) is 12.6. The molecular weight excluding hydrogens is 286 g/mol. The minimum atomic E-state index is -0.551. The second-order valence-electron chi connectivity index (χ2n) is 5.40. The van der Waals surface area contributed by atoms with Gasteiger partial charge in [0.1, 0.15) is 0 Å². The minimum absolute atomic E-state index is 0.225. The number of hydrogen-bond acceptors (Lipinski definition) is 5. The minimum Gasteiger partial charge on any atom is -0.399 e. The van der Waals surface area contributed by atoms with Gasteiger partial charge in [0.2, 0.25) is 5.28 Å². The fraction of sp³-hybridized carbons (Fsp3) is 0.200. The summed E-state index contributed by atoms with van der Waals surface area (Å²) in [6, 6.07) is 7.50. The molecule has 5 nitrogen and oxygen atoms in total. The van der Waals surface area contributed by atoms with Crippen molar-refractivity contribution < 1.29 is 0 Å². The molecule has 0 fully saturated rings. The van der Waals surface area contributed by atoms with Crippen molar-refractivity contribution in [1.29, 1.82) is 0 Å². The van der Waals surface area contributed by atoms with Crippen LogP contribution in [0.25, 0.3) is 5.70 Å². The Morgan fingerprint density at radius 3 is 2.67 bits per heavy atom. The molecule has 2 aromatic rings. The zero-order chi connectivity index (χ0) is 15.2. The third-order valence-corrected chi connectivity index (χ3v) is 3.72. The fourth-order valence-electron chi connectivity index (χ4n) is 2.55. The number of nitrogen functional groups attached to an aromatic ring is 1. The molecule has 0 spiro atoms. The molecule has 0 radical (unpaired) electrons. The van der Waals surface area contributed by atoms with Crippen LogP contribution in [0.1, 0.15) is 23.9 Å². The van der Waals surface area contributed by atoms with E-state index in [0.29, 0.717) is 11.4 Å². The van der Waals surface area contributed by atoms with Gasteiger partial charge in [-0.05, 0) is 55.8 Å². The van der Waals surface area contributed by atoms with Crippen molar-refractivity contribution in [2.24, 2.45) is 5.73 Å². The number of benzene rings is 1. The predicted octanol–water partition coefficient (Wildman–Crippen LogP) is 2.66. The highest BCUT2D eigenvalue weighted by atomic mass is 35.5. The molecule has 2 heterocycles. The highest BCUT2D eigenvalue weighted by Crippen LogP contribution is 2.37. The summed E-state index contributed by atoms with van der Waals surface area (Å²) in [7, 11) is 0. The number of nitrogens with one attached hydrogen (secondary N) is 1. The molecule has 1 aromatic carbocycles. The molecule has 6 heteroatoms. The third-order valence-electron chi connectivity index (χ3n) is 3.55. The van der Waals surface area contributed by atoms with E-state index in [9.17, 15) is 0 Å². The SMILES string of the molecule is Cc1cc(C2(C)C=C(N)c3cc(N)ccc3N2)nc(Cl)n1. The van der Waals surface area contributed by atoms with Gasteiger partial charge in [-0.2, -0.15) is 0 Å². The number of aryl methyl sites for hydroxylation is 1. The maximum atomic E-state index is 6.19. The Morgan fingerprint density at radius 2 is 1.95 bits per heavy atom. The fourth-order valence-corrected chi connectivity index (χ4v) is 2.78. The Kier molecular flexibility index (Phi) is 3.02. The Balaban J connectivity index is 2.12. The maximum absolute atomic E-state index is 6.19. The van der Waals surface area contributed by atoms with Crippen LogP contribution in [-0.2, 0) is 5.54 Å². The standard InChI is InChI=1S/C15H16ClN5/c1-8-5-13(20-14(16)19-8)15(2)7-11(18)10-6-9(17)3-4-12(10)21-15/h3-7,21H,17-18H2,1-2H3. The molecule has 0 saturated heterocycles. The average Bonchev–Trinajstić information content (AvgIpc) is 2.39. The van der Waals surface area contributed by atoms with Crippen LogP contribution in [-0.4, -0.2) is 9.97 Å². The van der Waals surface area contributed by atoms with Gasteiger partial charge in [-0.1, -0.05) is 0 Å². The number of nitrogens with zero attached hydrogens (tertiary/aromatic N) is 2. The van der Waals surface area contributed by atoms with Crippen molar-refractivity contribution in [3.8, 4) is 0 Å². The lowest BCUT2D eigenvalue weighted by Gasteiger charge is -2.34. The lowest BCUT2D eigenvalue weighted by atomic mass is 9.89. The zero-order valence-electron chi connectivity index (χ0n) is 11.8. The first kappa shape index (κ1) is 13.7. The van der Waals surface area contributed by atoms with Crippen LogP contribution < -0.4 is 16.8 Å². The van der Waals surface area contributed by atoms with E-state index in [-0.39, 0.29) is 5.28 Å². The van der Waals surface area contributed by atoms with E-state index in [2.05, 4.69) is 15.3 Å². The number of hydrogen-bond donors (Lipinski definition) is 3. The second kappa shape index (κ2) is 4.63. The van der Waals surface area contributed by atoms with E-state index >= 15 is 0 Å². The number of rotatable bonds is 1. The normalized spacial score (nSPS) is 20.4. The summed E-state index contributed by atoms with van der Waals surface area (Å²) >= 11 is 5.97. The van der Waals surface area contributed by atoms with Gasteiger partial charge >= 0.3 is 0 Å². The van der Waals surface area contributed by atoms with E-state index in [4.69, 9.17) is 23.1 Å². The molecule has 1 aliphatic rings. The Morgan fingerprint density at radius 1 is 1.19 bits per heavy atom. The maximum Gasteiger partial charge on any atom is 0.222 e. The first-order valence-corrected chi connectivity index (χ1v) is 6.93. The summed E-state index contributed by atoms with van der Waals surface area (Å²) in [6.07, 6.45) is 1.92. The summed E-state index contributed by atoms with van der Waals surface area (Å²) in [5, 5.41) is 3.67. The van der Waals surface area contributed by atoms with Gasteiger partial charge in [0.05, 0.1) is 11.2 Å². The quantitative estimate of drug-likeness (QED) is 0.556. The van der Waals surface area contributed by atoms with E-state index < -0.39 is 5.54 Å². The van der Waals surface area contributed by atoms with Gasteiger partial charge in [0.15, 0.2) is 0 Å². The van der Waals surface area contributed by atoms with Gasteiger partial charge in [-0.25, -0.2) is 9.97 Å². The van der Waals surface area contributed by atoms with E-state index in [0.717, 1.165) is 22.6 Å². The summed E-state index contributed by atoms with van der Waals surface area (Å²) in [5.74, 6) is 0. The van der Waals surface area contributed by atoms with Gasteiger partial charge in [0, 0.05) is 28.3 Å². The highest BCUT2D eigenvalue weighted by Gasteiger charge is 2.31. The van der Waals surface area contributed by atoms with Crippen LogP contribution >= 0.6 is 11.6 Å². The number of aromatic nitrogens is 2. The molecule has 0 aliphatic carbocycles. The topological polar surface area (TPSA) is 89.8 Å². The molecule has 21 heavy (non-hydrogen) atoms. The molecule has 1 atom stereocenters.